The molecule has 0 atom stereocenters. The van der Waals surface area contributed by atoms with E-state index in [1.54, 1.807) is 16.7 Å². The number of ether oxygens (including phenoxy) is 2. The number of rotatable bonds is 2. The van der Waals surface area contributed by atoms with Crippen molar-refractivity contribution >= 4 is 22.4 Å². The minimum Gasteiger partial charge on any atom is -0.491 e. The molecule has 132 valence electrons. The molecule has 1 saturated heterocycles. The smallest absolute Gasteiger partial charge is 0.445 e. The maximum absolute atomic E-state index is 12.6. The van der Waals surface area contributed by atoms with Gasteiger partial charge in [0.05, 0.1) is 0 Å². The number of allylic oxidation sites excluding steroid dienone is 1. The lowest BCUT2D eigenvalue weighted by molar-refractivity contribution is -0.138. The van der Waals surface area contributed by atoms with Gasteiger partial charge < -0.3 is 19.3 Å². The van der Waals surface area contributed by atoms with Crippen molar-refractivity contribution in [2.75, 3.05) is 44.3 Å². The molecule has 1 aromatic rings. The van der Waals surface area contributed by atoms with E-state index in [-0.39, 0.29) is 16.8 Å². The molecule has 7 nitrogen and oxygen atoms in total. The van der Waals surface area contributed by atoms with E-state index in [0.29, 0.717) is 56.5 Å². The first-order chi connectivity index (χ1) is 11.4. The van der Waals surface area contributed by atoms with Gasteiger partial charge in [-0.3, -0.25) is 4.79 Å². The highest BCUT2D eigenvalue weighted by atomic mass is 32.1. The van der Waals surface area contributed by atoms with Crippen molar-refractivity contribution in [3.05, 3.63) is 16.5 Å². The summed E-state index contributed by atoms with van der Waals surface area (Å²) in [5.74, 6) is 0.387. The SMILES string of the molecule is CC1=C(C(=O)N2CCN(c3nnc(C(F)(F)F)s3)CC2)OCCO1. The van der Waals surface area contributed by atoms with Crippen LogP contribution < -0.4 is 4.90 Å². The summed E-state index contributed by atoms with van der Waals surface area (Å²) >= 11 is 0.506. The first kappa shape index (κ1) is 16.8. The van der Waals surface area contributed by atoms with Gasteiger partial charge in [-0.25, -0.2) is 0 Å². The number of carbonyl (C=O) groups is 1. The Balaban J connectivity index is 1.61. The fraction of sp³-hybridized carbons (Fsp3) is 0.615. The van der Waals surface area contributed by atoms with Gasteiger partial charge in [0.15, 0.2) is 0 Å². The number of aromatic nitrogens is 2. The first-order valence-corrected chi connectivity index (χ1v) is 8.09. The first-order valence-electron chi connectivity index (χ1n) is 7.27. The molecule has 0 radical (unpaired) electrons. The van der Waals surface area contributed by atoms with Crippen molar-refractivity contribution in [1.29, 1.82) is 0 Å². The van der Waals surface area contributed by atoms with Crippen LogP contribution in [-0.2, 0) is 20.4 Å². The van der Waals surface area contributed by atoms with Crippen molar-refractivity contribution in [1.82, 2.24) is 15.1 Å². The number of halogens is 3. The van der Waals surface area contributed by atoms with Crippen LogP contribution in [-0.4, -0.2) is 60.4 Å². The van der Waals surface area contributed by atoms with E-state index >= 15 is 0 Å². The highest BCUT2D eigenvalue weighted by Crippen LogP contribution is 2.34. The molecule has 0 aliphatic carbocycles. The Morgan fingerprint density at radius 2 is 1.79 bits per heavy atom. The predicted octanol–water partition coefficient (Wildman–Crippen LogP) is 1.48. The summed E-state index contributed by atoms with van der Waals surface area (Å²) in [6.45, 7) is 3.89. The molecule has 1 amide bonds. The summed E-state index contributed by atoms with van der Waals surface area (Å²) in [5, 5.41) is 6.01. The topological polar surface area (TPSA) is 67.8 Å². The van der Waals surface area contributed by atoms with E-state index < -0.39 is 11.2 Å². The largest absolute Gasteiger partial charge is 0.491 e. The average molecular weight is 364 g/mol. The lowest BCUT2D eigenvalue weighted by atomic mass is 10.3. The summed E-state index contributed by atoms with van der Waals surface area (Å²) in [6, 6.07) is 0. The fourth-order valence-electron chi connectivity index (χ4n) is 2.42. The molecule has 11 heteroatoms. The molecule has 3 heterocycles. The minimum atomic E-state index is -4.49. The Labute approximate surface area is 139 Å². The van der Waals surface area contributed by atoms with E-state index in [0.717, 1.165) is 0 Å². The van der Waals surface area contributed by atoms with Crippen LogP contribution in [0.2, 0.25) is 0 Å². The molecule has 0 saturated carbocycles. The highest BCUT2D eigenvalue weighted by Gasteiger charge is 2.37. The Morgan fingerprint density at radius 3 is 2.38 bits per heavy atom. The van der Waals surface area contributed by atoms with E-state index in [2.05, 4.69) is 10.2 Å². The summed E-state index contributed by atoms with van der Waals surface area (Å²) in [7, 11) is 0. The van der Waals surface area contributed by atoms with Crippen LogP contribution in [0.5, 0.6) is 0 Å². The van der Waals surface area contributed by atoms with Crippen LogP contribution in [0.15, 0.2) is 11.5 Å². The van der Waals surface area contributed by atoms with Crippen molar-refractivity contribution < 1.29 is 27.4 Å². The second kappa shape index (κ2) is 6.46. The third kappa shape index (κ3) is 3.40. The molecular weight excluding hydrogens is 349 g/mol. The Bertz CT molecular complexity index is 653. The molecule has 0 bridgehead atoms. The number of hydrogen-bond acceptors (Lipinski definition) is 7. The Hall–Kier alpha value is -2.04. The van der Waals surface area contributed by atoms with Gasteiger partial charge in [-0.2, -0.15) is 13.2 Å². The number of nitrogens with zero attached hydrogens (tertiary/aromatic N) is 4. The maximum Gasteiger partial charge on any atom is 0.445 e. The van der Waals surface area contributed by atoms with Crippen LogP contribution >= 0.6 is 11.3 Å². The standard InChI is InChI=1S/C13H15F3N4O3S/c1-8-9(23-7-6-22-8)10(21)19-2-4-20(5-3-19)12-18-17-11(24-12)13(14,15)16/h2-7H2,1H3. The van der Waals surface area contributed by atoms with Crippen molar-refractivity contribution in [3.8, 4) is 0 Å². The summed E-state index contributed by atoms with van der Waals surface area (Å²) in [4.78, 5) is 15.7. The number of anilines is 1. The zero-order valence-corrected chi connectivity index (χ0v) is 13.6. The predicted molar refractivity (Wildman–Crippen MR) is 78.3 cm³/mol. The van der Waals surface area contributed by atoms with Gasteiger partial charge in [0.2, 0.25) is 15.9 Å². The summed E-state index contributed by atoms with van der Waals surface area (Å²) in [5.41, 5.74) is 0. The third-order valence-corrected chi connectivity index (χ3v) is 4.69. The zero-order valence-electron chi connectivity index (χ0n) is 12.8. The van der Waals surface area contributed by atoms with Gasteiger partial charge in [-0.1, -0.05) is 11.3 Å². The summed E-state index contributed by atoms with van der Waals surface area (Å²) < 4.78 is 48.4. The number of carbonyl (C=O) groups excluding carboxylic acids is 1. The number of hydrogen-bond donors (Lipinski definition) is 0. The van der Waals surface area contributed by atoms with Crippen LogP contribution in [0, 0.1) is 0 Å². The van der Waals surface area contributed by atoms with E-state index in [1.807, 2.05) is 0 Å². The number of piperazine rings is 1. The molecular formula is C13H15F3N4O3S. The van der Waals surface area contributed by atoms with Crippen molar-refractivity contribution in [3.63, 3.8) is 0 Å². The lowest BCUT2D eigenvalue weighted by Gasteiger charge is -2.35. The third-order valence-electron chi connectivity index (χ3n) is 3.66. The van der Waals surface area contributed by atoms with Gasteiger partial charge in [0.25, 0.3) is 5.91 Å². The van der Waals surface area contributed by atoms with Gasteiger partial charge >= 0.3 is 6.18 Å². The van der Waals surface area contributed by atoms with Gasteiger partial charge in [-0.15, -0.1) is 10.2 Å². The summed E-state index contributed by atoms with van der Waals surface area (Å²) in [6.07, 6.45) is -4.49. The van der Waals surface area contributed by atoms with Gasteiger partial charge in [0.1, 0.15) is 19.0 Å². The van der Waals surface area contributed by atoms with Crippen LogP contribution in [0.4, 0.5) is 18.3 Å². The zero-order chi connectivity index (χ0) is 17.3. The highest BCUT2D eigenvalue weighted by molar-refractivity contribution is 7.15. The molecule has 0 aromatic carbocycles. The molecule has 0 N–H and O–H groups in total. The second-order valence-electron chi connectivity index (χ2n) is 5.25. The van der Waals surface area contributed by atoms with E-state index in [9.17, 15) is 18.0 Å². The number of alkyl halides is 3. The fourth-order valence-corrected chi connectivity index (χ4v) is 3.18. The Kier molecular flexibility index (Phi) is 4.52. The van der Waals surface area contributed by atoms with E-state index in [4.69, 9.17) is 9.47 Å². The molecule has 24 heavy (non-hydrogen) atoms. The second-order valence-corrected chi connectivity index (χ2v) is 6.21. The van der Waals surface area contributed by atoms with Crippen LogP contribution in [0.1, 0.15) is 11.9 Å². The quantitative estimate of drug-likeness (QED) is 0.792. The molecule has 3 rings (SSSR count). The molecule has 2 aliphatic rings. The monoisotopic (exact) mass is 364 g/mol. The normalized spacial score (nSPS) is 19.2. The van der Waals surface area contributed by atoms with Crippen molar-refractivity contribution in [2.45, 2.75) is 13.1 Å². The molecule has 1 fully saturated rings. The van der Waals surface area contributed by atoms with Crippen LogP contribution in [0.3, 0.4) is 0 Å². The van der Waals surface area contributed by atoms with Gasteiger partial charge in [-0.05, 0) is 6.92 Å². The molecule has 0 unspecified atom stereocenters. The molecule has 1 aromatic heterocycles. The average Bonchev–Trinajstić information content (AvgIpc) is 3.05. The van der Waals surface area contributed by atoms with E-state index in [1.165, 1.54) is 0 Å². The number of amides is 1. The molecule has 0 spiro atoms. The molecule has 2 aliphatic heterocycles. The maximum atomic E-state index is 12.6. The van der Waals surface area contributed by atoms with Crippen LogP contribution in [0.25, 0.3) is 0 Å². The van der Waals surface area contributed by atoms with Crippen molar-refractivity contribution in [2.24, 2.45) is 0 Å². The van der Waals surface area contributed by atoms with Gasteiger partial charge in [0, 0.05) is 26.2 Å². The lowest BCUT2D eigenvalue weighted by Crippen LogP contribution is -2.49. The Morgan fingerprint density at radius 1 is 1.12 bits per heavy atom. The minimum absolute atomic E-state index is 0.199.